The van der Waals surface area contributed by atoms with Crippen LogP contribution in [-0.4, -0.2) is 23.2 Å². The molecule has 1 rings (SSSR count). The monoisotopic (exact) mass is 273 g/mol. The van der Waals surface area contributed by atoms with Crippen molar-refractivity contribution in [3.05, 3.63) is 16.7 Å². The first kappa shape index (κ1) is 12.3. The van der Waals surface area contributed by atoms with Gasteiger partial charge in [-0.3, -0.25) is 0 Å². The Bertz CT molecular complexity index is 320. The molecular weight excluding hydrogens is 258 g/mol. The number of nitrogens with two attached hydrogens (primary N) is 1. The molecule has 1 atom stereocenters. The van der Waals surface area contributed by atoms with E-state index in [-0.39, 0.29) is 6.61 Å². The van der Waals surface area contributed by atoms with Gasteiger partial charge in [0.25, 0.3) is 0 Å². The Morgan fingerprint density at radius 2 is 2.40 bits per heavy atom. The number of aliphatic hydroxyl groups excluding tert-OH is 1. The van der Waals surface area contributed by atoms with E-state index in [4.69, 9.17) is 10.8 Å². The highest BCUT2D eigenvalue weighted by Gasteiger charge is 2.04. The standard InChI is InChI=1S/C10H16BrN3O/c1-7(2-3-15)5-13-10-9(12)4-8(11)6-14-10/h4,6-7,15H,2-3,5,12H2,1H3,(H,13,14). The SMILES string of the molecule is CC(CCO)CNc1ncc(Br)cc1N. The lowest BCUT2D eigenvalue weighted by Gasteiger charge is -2.12. The molecule has 0 saturated heterocycles. The lowest BCUT2D eigenvalue weighted by Crippen LogP contribution is -2.14. The summed E-state index contributed by atoms with van der Waals surface area (Å²) in [5.74, 6) is 1.10. The number of hydrogen-bond acceptors (Lipinski definition) is 4. The molecule has 0 aliphatic rings. The maximum Gasteiger partial charge on any atom is 0.149 e. The fraction of sp³-hybridized carbons (Fsp3) is 0.500. The zero-order valence-electron chi connectivity index (χ0n) is 8.70. The highest BCUT2D eigenvalue weighted by Crippen LogP contribution is 2.20. The van der Waals surface area contributed by atoms with Gasteiger partial charge in [-0.1, -0.05) is 6.92 Å². The van der Waals surface area contributed by atoms with Crippen LogP contribution >= 0.6 is 15.9 Å². The Morgan fingerprint density at radius 3 is 3.00 bits per heavy atom. The average molecular weight is 274 g/mol. The first-order chi connectivity index (χ1) is 7.13. The summed E-state index contributed by atoms with van der Waals surface area (Å²) < 4.78 is 0.869. The van der Waals surface area contributed by atoms with E-state index in [9.17, 15) is 0 Å². The number of hydrogen-bond donors (Lipinski definition) is 3. The van der Waals surface area contributed by atoms with Crippen LogP contribution in [0.2, 0.25) is 0 Å². The molecule has 15 heavy (non-hydrogen) atoms. The second kappa shape index (κ2) is 5.92. The Kier molecular flexibility index (Phi) is 4.84. The van der Waals surface area contributed by atoms with Crippen LogP contribution in [0.1, 0.15) is 13.3 Å². The highest BCUT2D eigenvalue weighted by atomic mass is 79.9. The molecule has 0 bridgehead atoms. The summed E-state index contributed by atoms with van der Waals surface area (Å²) in [4.78, 5) is 4.16. The summed E-state index contributed by atoms with van der Waals surface area (Å²) in [6.45, 7) is 3.05. The van der Waals surface area contributed by atoms with Gasteiger partial charge in [-0.2, -0.15) is 0 Å². The minimum Gasteiger partial charge on any atom is -0.396 e. The van der Waals surface area contributed by atoms with Gasteiger partial charge in [0.1, 0.15) is 5.82 Å². The molecule has 0 amide bonds. The molecule has 1 aromatic rings. The van der Waals surface area contributed by atoms with Crippen LogP contribution < -0.4 is 11.1 Å². The second-order valence-corrected chi connectivity index (χ2v) is 4.51. The first-order valence-corrected chi connectivity index (χ1v) is 5.68. The van der Waals surface area contributed by atoms with Crippen LogP contribution in [0.25, 0.3) is 0 Å². The van der Waals surface area contributed by atoms with Crippen molar-refractivity contribution in [2.24, 2.45) is 5.92 Å². The third kappa shape index (κ3) is 4.05. The molecule has 5 heteroatoms. The zero-order chi connectivity index (χ0) is 11.3. The molecule has 4 N–H and O–H groups in total. The van der Waals surface area contributed by atoms with Gasteiger partial charge in [0.05, 0.1) is 5.69 Å². The summed E-state index contributed by atoms with van der Waals surface area (Å²) in [6, 6.07) is 1.81. The van der Waals surface area contributed by atoms with Crippen molar-refractivity contribution in [1.82, 2.24) is 4.98 Å². The van der Waals surface area contributed by atoms with Crippen molar-refractivity contribution >= 4 is 27.4 Å². The summed E-state index contributed by atoms with van der Waals surface area (Å²) in [5.41, 5.74) is 6.40. The summed E-state index contributed by atoms with van der Waals surface area (Å²) in [6.07, 6.45) is 2.48. The minimum atomic E-state index is 0.214. The van der Waals surface area contributed by atoms with Crippen molar-refractivity contribution < 1.29 is 5.11 Å². The molecule has 4 nitrogen and oxygen atoms in total. The average Bonchev–Trinajstić information content (AvgIpc) is 2.17. The Hall–Kier alpha value is -0.810. The van der Waals surface area contributed by atoms with Gasteiger partial charge in [0.2, 0.25) is 0 Å². The molecule has 0 radical (unpaired) electrons. The predicted molar refractivity (Wildman–Crippen MR) is 65.7 cm³/mol. The summed E-state index contributed by atoms with van der Waals surface area (Å²) >= 11 is 3.30. The maximum absolute atomic E-state index is 8.75. The molecule has 1 unspecified atom stereocenters. The van der Waals surface area contributed by atoms with Gasteiger partial charge in [0, 0.05) is 23.8 Å². The predicted octanol–water partition coefficient (Wildman–Crippen LogP) is 1.86. The van der Waals surface area contributed by atoms with E-state index in [1.807, 2.05) is 6.07 Å². The zero-order valence-corrected chi connectivity index (χ0v) is 10.3. The molecule has 0 spiro atoms. The lowest BCUT2D eigenvalue weighted by atomic mass is 10.1. The lowest BCUT2D eigenvalue weighted by molar-refractivity contribution is 0.266. The number of nitrogens with zero attached hydrogens (tertiary/aromatic N) is 1. The van der Waals surface area contributed by atoms with Crippen molar-refractivity contribution in [2.45, 2.75) is 13.3 Å². The van der Waals surface area contributed by atoms with Crippen LogP contribution in [0, 0.1) is 5.92 Å². The van der Waals surface area contributed by atoms with Crippen LogP contribution in [0.5, 0.6) is 0 Å². The topological polar surface area (TPSA) is 71.2 Å². The fourth-order valence-electron chi connectivity index (χ4n) is 1.20. The Labute approximate surface area is 98.0 Å². The molecule has 1 aromatic heterocycles. The van der Waals surface area contributed by atoms with Gasteiger partial charge in [-0.05, 0) is 34.3 Å². The number of nitrogens with one attached hydrogen (secondary N) is 1. The molecule has 0 aliphatic heterocycles. The smallest absolute Gasteiger partial charge is 0.149 e. The van der Waals surface area contributed by atoms with Crippen LogP contribution in [-0.2, 0) is 0 Å². The van der Waals surface area contributed by atoms with Crippen molar-refractivity contribution in [3.63, 3.8) is 0 Å². The van der Waals surface area contributed by atoms with Gasteiger partial charge in [0.15, 0.2) is 0 Å². The molecule has 84 valence electrons. The van der Waals surface area contributed by atoms with Gasteiger partial charge in [-0.15, -0.1) is 0 Å². The van der Waals surface area contributed by atoms with Crippen molar-refractivity contribution in [2.75, 3.05) is 24.2 Å². The van der Waals surface area contributed by atoms with Gasteiger partial charge < -0.3 is 16.2 Å². The normalized spacial score (nSPS) is 12.5. The number of rotatable bonds is 5. The van der Waals surface area contributed by atoms with E-state index in [1.54, 1.807) is 6.20 Å². The van der Waals surface area contributed by atoms with Crippen LogP contribution in [0.15, 0.2) is 16.7 Å². The second-order valence-electron chi connectivity index (χ2n) is 3.59. The van der Waals surface area contributed by atoms with Crippen LogP contribution in [0.3, 0.4) is 0 Å². The number of aromatic nitrogens is 1. The number of halogens is 1. The third-order valence-corrected chi connectivity index (χ3v) is 2.56. The molecule has 1 heterocycles. The first-order valence-electron chi connectivity index (χ1n) is 4.89. The molecule has 0 aliphatic carbocycles. The van der Waals surface area contributed by atoms with E-state index in [0.29, 0.717) is 17.4 Å². The summed E-state index contributed by atoms with van der Waals surface area (Å²) in [5, 5.41) is 11.9. The van der Waals surface area contributed by atoms with E-state index in [0.717, 1.165) is 17.4 Å². The quantitative estimate of drug-likeness (QED) is 0.766. The molecule has 0 aromatic carbocycles. The van der Waals surface area contributed by atoms with Gasteiger partial charge in [-0.25, -0.2) is 4.98 Å². The molecular formula is C10H16BrN3O. The third-order valence-electron chi connectivity index (χ3n) is 2.12. The highest BCUT2D eigenvalue weighted by molar-refractivity contribution is 9.10. The van der Waals surface area contributed by atoms with E-state index in [2.05, 4.69) is 33.2 Å². The number of aliphatic hydroxyl groups is 1. The number of pyridine rings is 1. The van der Waals surface area contributed by atoms with Gasteiger partial charge >= 0.3 is 0 Å². The number of anilines is 2. The van der Waals surface area contributed by atoms with E-state index in [1.165, 1.54) is 0 Å². The number of nitrogen functional groups attached to an aromatic ring is 1. The fourth-order valence-corrected chi connectivity index (χ4v) is 1.54. The van der Waals surface area contributed by atoms with Crippen molar-refractivity contribution in [1.29, 1.82) is 0 Å². The van der Waals surface area contributed by atoms with E-state index >= 15 is 0 Å². The largest absolute Gasteiger partial charge is 0.396 e. The minimum absolute atomic E-state index is 0.214. The maximum atomic E-state index is 8.75. The van der Waals surface area contributed by atoms with E-state index < -0.39 is 0 Å². The Morgan fingerprint density at radius 1 is 1.67 bits per heavy atom. The molecule has 0 fully saturated rings. The van der Waals surface area contributed by atoms with Crippen molar-refractivity contribution in [3.8, 4) is 0 Å². The summed E-state index contributed by atoms with van der Waals surface area (Å²) in [7, 11) is 0. The molecule has 0 saturated carbocycles. The van der Waals surface area contributed by atoms with Crippen LogP contribution in [0.4, 0.5) is 11.5 Å². The Balaban J connectivity index is 2.50.